The maximum absolute atomic E-state index is 12.6. The van der Waals surface area contributed by atoms with Crippen molar-refractivity contribution in [3.63, 3.8) is 0 Å². The lowest BCUT2D eigenvalue weighted by Crippen LogP contribution is -2.52. The lowest BCUT2D eigenvalue weighted by atomic mass is 10.0. The predicted octanol–water partition coefficient (Wildman–Crippen LogP) is 0.319. The Hall–Kier alpha value is -0.220. The third-order valence-corrected chi connectivity index (χ3v) is 8.24. The van der Waals surface area contributed by atoms with Gasteiger partial charge in [0.05, 0.1) is 6.26 Å². The third kappa shape index (κ3) is 4.00. The van der Waals surface area contributed by atoms with Crippen LogP contribution < -0.4 is 0 Å². The minimum atomic E-state index is -3.39. The Labute approximate surface area is 134 Å². The van der Waals surface area contributed by atoms with Crippen LogP contribution in [0.5, 0.6) is 0 Å². The molecule has 0 bridgehead atoms. The van der Waals surface area contributed by atoms with Gasteiger partial charge in [0.1, 0.15) is 0 Å². The van der Waals surface area contributed by atoms with Crippen molar-refractivity contribution in [1.29, 1.82) is 0 Å². The van der Waals surface area contributed by atoms with Crippen LogP contribution in [-0.4, -0.2) is 75.3 Å². The van der Waals surface area contributed by atoms with E-state index in [0.717, 1.165) is 12.8 Å². The predicted molar refractivity (Wildman–Crippen MR) is 86.1 cm³/mol. The minimum Gasteiger partial charge on any atom is -0.213 e. The Morgan fingerprint density at radius 2 is 1.27 bits per heavy atom. The van der Waals surface area contributed by atoms with Crippen molar-refractivity contribution in [2.75, 3.05) is 39.5 Å². The van der Waals surface area contributed by atoms with Crippen LogP contribution >= 0.6 is 0 Å². The van der Waals surface area contributed by atoms with Crippen molar-refractivity contribution < 1.29 is 16.8 Å². The smallest absolute Gasteiger partial charge is 0.213 e. The van der Waals surface area contributed by atoms with Crippen LogP contribution in [0.4, 0.5) is 0 Å². The summed E-state index contributed by atoms with van der Waals surface area (Å²) in [5, 5.41) is 0. The summed E-state index contributed by atoms with van der Waals surface area (Å²) in [5.74, 6) is 0.584. The van der Waals surface area contributed by atoms with Gasteiger partial charge in [0.15, 0.2) is 0 Å². The Kier molecular flexibility index (Phi) is 5.54. The van der Waals surface area contributed by atoms with Gasteiger partial charge in [0, 0.05) is 39.3 Å². The quantitative estimate of drug-likeness (QED) is 0.729. The van der Waals surface area contributed by atoms with Crippen LogP contribution in [0.3, 0.4) is 0 Å². The number of piperidine rings is 2. The largest absolute Gasteiger partial charge is 0.281 e. The molecule has 0 aliphatic carbocycles. The Balaban J connectivity index is 1.96. The van der Waals surface area contributed by atoms with Crippen LogP contribution in [0.15, 0.2) is 0 Å². The summed E-state index contributed by atoms with van der Waals surface area (Å²) in [5.41, 5.74) is 0. The fourth-order valence-electron chi connectivity index (χ4n) is 3.09. The molecule has 0 N–H and O–H groups in total. The number of hydrogen-bond donors (Lipinski definition) is 0. The molecule has 7 nitrogen and oxygen atoms in total. The Morgan fingerprint density at radius 1 is 0.864 bits per heavy atom. The number of nitrogens with zero attached hydrogens (tertiary/aromatic N) is 3. The lowest BCUT2D eigenvalue weighted by Gasteiger charge is -2.38. The van der Waals surface area contributed by atoms with Gasteiger partial charge in [0.25, 0.3) is 10.2 Å². The van der Waals surface area contributed by atoms with Crippen molar-refractivity contribution in [2.45, 2.75) is 38.6 Å². The van der Waals surface area contributed by atoms with Gasteiger partial charge >= 0.3 is 0 Å². The van der Waals surface area contributed by atoms with E-state index in [0.29, 0.717) is 44.9 Å². The summed E-state index contributed by atoms with van der Waals surface area (Å²) in [6.45, 7) is 4.10. The summed E-state index contributed by atoms with van der Waals surface area (Å²) in [6, 6.07) is -0.108. The number of rotatable bonds is 4. The van der Waals surface area contributed by atoms with E-state index in [4.69, 9.17) is 0 Å². The molecule has 130 valence electrons. The Morgan fingerprint density at radius 3 is 1.68 bits per heavy atom. The molecular formula is C13H27N3O4S2. The summed E-state index contributed by atoms with van der Waals surface area (Å²) < 4.78 is 52.9. The summed E-state index contributed by atoms with van der Waals surface area (Å²) >= 11 is 0. The first-order valence-corrected chi connectivity index (χ1v) is 11.0. The van der Waals surface area contributed by atoms with E-state index in [2.05, 4.69) is 6.92 Å². The van der Waals surface area contributed by atoms with Crippen molar-refractivity contribution in [3.8, 4) is 0 Å². The zero-order valence-electron chi connectivity index (χ0n) is 13.6. The molecule has 0 aromatic heterocycles. The second kappa shape index (κ2) is 6.72. The van der Waals surface area contributed by atoms with E-state index in [1.54, 1.807) is 11.4 Å². The molecule has 0 aromatic carbocycles. The van der Waals surface area contributed by atoms with E-state index in [9.17, 15) is 16.8 Å². The van der Waals surface area contributed by atoms with Crippen molar-refractivity contribution in [1.82, 2.24) is 12.9 Å². The normalized spacial score (nSPS) is 24.9. The van der Waals surface area contributed by atoms with Gasteiger partial charge in [-0.3, -0.25) is 0 Å². The molecule has 0 atom stereocenters. The first-order chi connectivity index (χ1) is 10.1. The molecule has 2 aliphatic rings. The summed E-state index contributed by atoms with van der Waals surface area (Å²) in [7, 11) is -5.06. The minimum absolute atomic E-state index is 0.108. The van der Waals surface area contributed by atoms with Gasteiger partial charge < -0.3 is 0 Å². The van der Waals surface area contributed by atoms with Crippen LogP contribution in [0.25, 0.3) is 0 Å². The van der Waals surface area contributed by atoms with Gasteiger partial charge in [-0.25, -0.2) is 12.7 Å². The van der Waals surface area contributed by atoms with Gasteiger partial charge in [-0.2, -0.15) is 17.0 Å². The number of sulfonamides is 1. The molecule has 2 heterocycles. The molecule has 2 rings (SSSR count). The van der Waals surface area contributed by atoms with Crippen LogP contribution in [0.2, 0.25) is 0 Å². The van der Waals surface area contributed by atoms with Crippen molar-refractivity contribution >= 4 is 20.2 Å². The fourth-order valence-corrected chi connectivity index (χ4v) is 5.51. The summed E-state index contributed by atoms with van der Waals surface area (Å²) in [6.07, 6.45) is 4.10. The molecular weight excluding hydrogens is 326 g/mol. The van der Waals surface area contributed by atoms with Gasteiger partial charge in [0.2, 0.25) is 10.0 Å². The van der Waals surface area contributed by atoms with Crippen LogP contribution in [0, 0.1) is 5.92 Å². The van der Waals surface area contributed by atoms with E-state index in [1.807, 2.05) is 0 Å². The topological polar surface area (TPSA) is 78.0 Å². The first kappa shape index (κ1) is 18.1. The highest BCUT2D eigenvalue weighted by atomic mass is 32.2. The zero-order chi connectivity index (χ0) is 16.5. The molecule has 2 aliphatic heterocycles. The molecule has 9 heteroatoms. The van der Waals surface area contributed by atoms with Crippen molar-refractivity contribution in [2.24, 2.45) is 5.92 Å². The number of hydrogen-bond acceptors (Lipinski definition) is 4. The Bertz CT molecular complexity index is 574. The molecule has 2 fully saturated rings. The highest BCUT2D eigenvalue weighted by Crippen LogP contribution is 2.24. The van der Waals surface area contributed by atoms with Crippen LogP contribution in [-0.2, 0) is 20.2 Å². The average molecular weight is 354 g/mol. The highest BCUT2D eigenvalue weighted by Gasteiger charge is 2.36. The first-order valence-electron chi connectivity index (χ1n) is 7.80. The van der Waals surface area contributed by atoms with Gasteiger partial charge in [-0.05, 0) is 31.6 Å². The molecule has 22 heavy (non-hydrogen) atoms. The van der Waals surface area contributed by atoms with Gasteiger partial charge in [-0.1, -0.05) is 6.92 Å². The zero-order valence-corrected chi connectivity index (χ0v) is 15.2. The maximum Gasteiger partial charge on any atom is 0.281 e. The summed E-state index contributed by atoms with van der Waals surface area (Å²) in [4.78, 5) is 0. The van der Waals surface area contributed by atoms with E-state index in [-0.39, 0.29) is 6.04 Å². The highest BCUT2D eigenvalue weighted by molar-refractivity contribution is 7.88. The second-order valence-corrected chi connectivity index (χ2v) is 10.5. The molecule has 0 saturated carbocycles. The van der Waals surface area contributed by atoms with E-state index >= 15 is 0 Å². The van der Waals surface area contributed by atoms with E-state index < -0.39 is 20.2 Å². The molecule has 0 amide bonds. The molecule has 2 saturated heterocycles. The standard InChI is InChI=1S/C13H27N3O4S2/c1-12-4-8-15(9-5-12)22(19,20)16-10-6-13(7-11-16)14(2)21(3,17)18/h12-13H,4-11H2,1-3H3. The second-order valence-electron chi connectivity index (χ2n) is 6.50. The van der Waals surface area contributed by atoms with E-state index in [1.165, 1.54) is 14.9 Å². The molecule has 0 aromatic rings. The lowest BCUT2D eigenvalue weighted by molar-refractivity contribution is 0.215. The third-order valence-electron chi connectivity index (χ3n) is 4.86. The molecule has 0 spiro atoms. The monoisotopic (exact) mass is 353 g/mol. The molecule has 0 radical (unpaired) electrons. The maximum atomic E-state index is 12.6. The average Bonchev–Trinajstić information content (AvgIpc) is 2.46. The van der Waals surface area contributed by atoms with Gasteiger partial charge in [-0.15, -0.1) is 0 Å². The SMILES string of the molecule is CC1CCN(S(=O)(=O)N2CCC(N(C)S(C)(=O)=O)CC2)CC1. The molecule has 0 unspecified atom stereocenters. The fraction of sp³-hybridized carbons (Fsp3) is 1.00. The van der Waals surface area contributed by atoms with Crippen LogP contribution in [0.1, 0.15) is 32.6 Å². The van der Waals surface area contributed by atoms with Crippen molar-refractivity contribution in [3.05, 3.63) is 0 Å².